The van der Waals surface area contributed by atoms with Crippen LogP contribution in [0.4, 0.5) is 0 Å². The van der Waals surface area contributed by atoms with Crippen molar-refractivity contribution in [2.24, 2.45) is 5.92 Å². The number of benzene rings is 1. The van der Waals surface area contributed by atoms with Gasteiger partial charge in [0, 0.05) is 38.3 Å². The van der Waals surface area contributed by atoms with Gasteiger partial charge in [-0.15, -0.1) is 0 Å². The van der Waals surface area contributed by atoms with E-state index in [1.165, 1.54) is 16.4 Å². The highest BCUT2D eigenvalue weighted by atomic mass is 32.2. The topological polar surface area (TPSA) is 86.8 Å². The third-order valence-corrected chi connectivity index (χ3v) is 7.10. The lowest BCUT2D eigenvalue weighted by molar-refractivity contribution is -0.126. The van der Waals surface area contributed by atoms with Crippen LogP contribution in [0.1, 0.15) is 50.4 Å². The standard InChI is InChI=1S/C20H31N3O4S/c1-4-12-21-19(24)17-10-8-13-22(15-17)20(25)16-9-7-11-18(14-16)28(26,27)23(5-2)6-3/h7,9,11,14,17H,4-6,8,10,12-13,15H2,1-3H3,(H,21,24). The van der Waals surface area contributed by atoms with Crippen LogP contribution < -0.4 is 5.32 Å². The Kier molecular flexibility index (Phi) is 8.00. The number of nitrogens with zero attached hydrogens (tertiary/aromatic N) is 2. The molecule has 1 fully saturated rings. The van der Waals surface area contributed by atoms with Crippen LogP contribution in [0.3, 0.4) is 0 Å². The third kappa shape index (κ3) is 5.11. The molecule has 1 aromatic carbocycles. The zero-order valence-corrected chi connectivity index (χ0v) is 17.8. The molecule has 2 amide bonds. The van der Waals surface area contributed by atoms with E-state index < -0.39 is 10.0 Å². The molecule has 0 spiro atoms. The average molecular weight is 410 g/mol. The van der Waals surface area contributed by atoms with E-state index in [-0.39, 0.29) is 22.6 Å². The van der Waals surface area contributed by atoms with Gasteiger partial charge in [-0.1, -0.05) is 26.8 Å². The second-order valence-corrected chi connectivity index (χ2v) is 8.94. The lowest BCUT2D eigenvalue weighted by Crippen LogP contribution is -2.45. The highest BCUT2D eigenvalue weighted by Crippen LogP contribution is 2.21. The van der Waals surface area contributed by atoms with Crippen LogP contribution in [-0.2, 0) is 14.8 Å². The maximum atomic E-state index is 13.0. The van der Waals surface area contributed by atoms with Crippen LogP contribution in [0.5, 0.6) is 0 Å². The van der Waals surface area contributed by atoms with Crippen molar-refractivity contribution in [3.05, 3.63) is 29.8 Å². The van der Waals surface area contributed by atoms with Crippen molar-refractivity contribution in [1.82, 2.24) is 14.5 Å². The van der Waals surface area contributed by atoms with Crippen molar-refractivity contribution in [2.75, 3.05) is 32.7 Å². The minimum absolute atomic E-state index is 0.0165. The van der Waals surface area contributed by atoms with E-state index in [0.29, 0.717) is 38.3 Å². The van der Waals surface area contributed by atoms with Gasteiger partial charge in [0.1, 0.15) is 0 Å². The highest BCUT2D eigenvalue weighted by Gasteiger charge is 2.29. The fourth-order valence-corrected chi connectivity index (χ4v) is 4.96. The quantitative estimate of drug-likeness (QED) is 0.712. The zero-order chi connectivity index (χ0) is 20.7. The summed E-state index contributed by atoms with van der Waals surface area (Å²) in [6, 6.07) is 6.18. The number of piperidine rings is 1. The van der Waals surface area contributed by atoms with Crippen molar-refractivity contribution in [2.45, 2.75) is 44.9 Å². The summed E-state index contributed by atoms with van der Waals surface area (Å²) < 4.78 is 26.8. The Balaban J connectivity index is 2.17. The van der Waals surface area contributed by atoms with Gasteiger partial charge in [0.25, 0.3) is 5.91 Å². The summed E-state index contributed by atoms with van der Waals surface area (Å²) in [5.41, 5.74) is 0.336. The molecule has 0 aromatic heterocycles. The maximum Gasteiger partial charge on any atom is 0.253 e. The first kappa shape index (κ1) is 22.4. The van der Waals surface area contributed by atoms with Crippen LogP contribution >= 0.6 is 0 Å². The number of sulfonamides is 1. The molecule has 1 atom stereocenters. The van der Waals surface area contributed by atoms with Gasteiger partial charge in [-0.05, 0) is 37.5 Å². The molecular formula is C20H31N3O4S. The lowest BCUT2D eigenvalue weighted by atomic mass is 9.96. The molecule has 7 nitrogen and oxygen atoms in total. The van der Waals surface area contributed by atoms with E-state index in [4.69, 9.17) is 0 Å². The number of hydrogen-bond donors (Lipinski definition) is 1. The lowest BCUT2D eigenvalue weighted by Gasteiger charge is -2.32. The van der Waals surface area contributed by atoms with Crippen LogP contribution in [-0.4, -0.2) is 62.2 Å². The van der Waals surface area contributed by atoms with Gasteiger partial charge in [0.05, 0.1) is 10.8 Å². The molecule has 8 heteroatoms. The molecule has 1 aliphatic heterocycles. The van der Waals surface area contributed by atoms with Crippen LogP contribution in [0.15, 0.2) is 29.2 Å². The van der Waals surface area contributed by atoms with E-state index in [2.05, 4.69) is 5.32 Å². The third-order valence-electron chi connectivity index (χ3n) is 5.05. The fourth-order valence-electron chi connectivity index (χ4n) is 3.45. The van der Waals surface area contributed by atoms with E-state index in [1.54, 1.807) is 30.9 Å². The molecule has 1 heterocycles. The van der Waals surface area contributed by atoms with E-state index in [0.717, 1.165) is 19.3 Å². The highest BCUT2D eigenvalue weighted by molar-refractivity contribution is 7.89. The molecule has 1 N–H and O–H groups in total. The van der Waals surface area contributed by atoms with Crippen molar-refractivity contribution in [1.29, 1.82) is 0 Å². The molecule has 0 radical (unpaired) electrons. The largest absolute Gasteiger partial charge is 0.356 e. The Hall–Kier alpha value is -1.93. The van der Waals surface area contributed by atoms with Gasteiger partial charge < -0.3 is 10.2 Å². The molecule has 0 saturated carbocycles. The first-order valence-electron chi connectivity index (χ1n) is 10.0. The van der Waals surface area contributed by atoms with Crippen molar-refractivity contribution in [3.63, 3.8) is 0 Å². The van der Waals surface area contributed by atoms with Crippen molar-refractivity contribution in [3.8, 4) is 0 Å². The Morgan fingerprint density at radius 2 is 1.93 bits per heavy atom. The number of carbonyl (C=O) groups excluding carboxylic acids is 2. The number of rotatable bonds is 8. The predicted octanol–water partition coefficient (Wildman–Crippen LogP) is 2.10. The molecule has 1 saturated heterocycles. The fraction of sp³-hybridized carbons (Fsp3) is 0.600. The van der Waals surface area contributed by atoms with E-state index in [1.807, 2.05) is 6.92 Å². The molecule has 2 rings (SSSR count). The second-order valence-electron chi connectivity index (χ2n) is 7.00. The second kappa shape index (κ2) is 10.0. The number of likely N-dealkylation sites (tertiary alicyclic amines) is 1. The van der Waals surface area contributed by atoms with Gasteiger partial charge in [0.15, 0.2) is 0 Å². The minimum atomic E-state index is -3.62. The van der Waals surface area contributed by atoms with E-state index >= 15 is 0 Å². The first-order chi connectivity index (χ1) is 13.3. The molecule has 28 heavy (non-hydrogen) atoms. The summed E-state index contributed by atoms with van der Waals surface area (Å²) in [7, 11) is -3.62. The Labute approximate surface area is 168 Å². The van der Waals surface area contributed by atoms with Gasteiger partial charge in [-0.3, -0.25) is 9.59 Å². The summed E-state index contributed by atoms with van der Waals surface area (Å²) >= 11 is 0. The summed E-state index contributed by atoms with van der Waals surface area (Å²) in [5.74, 6) is -0.464. The number of hydrogen-bond acceptors (Lipinski definition) is 4. The molecule has 156 valence electrons. The van der Waals surface area contributed by atoms with Gasteiger partial charge in [-0.2, -0.15) is 4.31 Å². The summed E-state index contributed by atoms with van der Waals surface area (Å²) in [5, 5.41) is 2.89. The number of nitrogens with one attached hydrogen (secondary N) is 1. The van der Waals surface area contributed by atoms with Gasteiger partial charge in [-0.25, -0.2) is 8.42 Å². The normalized spacial score (nSPS) is 17.6. The van der Waals surface area contributed by atoms with Crippen LogP contribution in [0.2, 0.25) is 0 Å². The van der Waals surface area contributed by atoms with Gasteiger partial charge in [0.2, 0.25) is 15.9 Å². The first-order valence-corrected chi connectivity index (χ1v) is 11.5. The van der Waals surface area contributed by atoms with Gasteiger partial charge >= 0.3 is 0 Å². The smallest absolute Gasteiger partial charge is 0.253 e. The molecule has 1 unspecified atom stereocenters. The molecule has 0 bridgehead atoms. The molecule has 1 aromatic rings. The molecule has 1 aliphatic rings. The Bertz CT molecular complexity index is 790. The summed E-state index contributed by atoms with van der Waals surface area (Å²) in [4.78, 5) is 27.0. The Morgan fingerprint density at radius 1 is 1.21 bits per heavy atom. The zero-order valence-electron chi connectivity index (χ0n) is 17.0. The average Bonchev–Trinajstić information content (AvgIpc) is 2.72. The maximum absolute atomic E-state index is 13.0. The minimum Gasteiger partial charge on any atom is -0.356 e. The van der Waals surface area contributed by atoms with Crippen molar-refractivity contribution >= 4 is 21.8 Å². The SMILES string of the molecule is CCCNC(=O)C1CCCN(C(=O)c2cccc(S(=O)(=O)N(CC)CC)c2)C1. The van der Waals surface area contributed by atoms with Crippen molar-refractivity contribution < 1.29 is 18.0 Å². The summed E-state index contributed by atoms with van der Waals surface area (Å²) in [6.45, 7) is 7.88. The van der Waals surface area contributed by atoms with Crippen LogP contribution in [0, 0.1) is 5.92 Å². The predicted molar refractivity (Wildman–Crippen MR) is 108 cm³/mol. The monoisotopic (exact) mass is 409 g/mol. The summed E-state index contributed by atoms with van der Waals surface area (Å²) in [6.07, 6.45) is 2.39. The number of amides is 2. The Morgan fingerprint density at radius 3 is 2.57 bits per heavy atom. The van der Waals surface area contributed by atoms with Crippen LogP contribution in [0.25, 0.3) is 0 Å². The number of carbonyl (C=O) groups is 2. The van der Waals surface area contributed by atoms with E-state index in [9.17, 15) is 18.0 Å². The molecular weight excluding hydrogens is 378 g/mol. The molecule has 0 aliphatic carbocycles.